The van der Waals surface area contributed by atoms with Crippen LogP contribution in [-0.2, 0) is 4.74 Å². The molecule has 0 aliphatic heterocycles. The zero-order valence-corrected chi connectivity index (χ0v) is 11.5. The highest BCUT2D eigenvalue weighted by Gasteiger charge is 2.10. The second-order valence-corrected chi connectivity index (χ2v) is 4.80. The van der Waals surface area contributed by atoms with Crippen LogP contribution in [0.5, 0.6) is 0 Å². The highest BCUT2D eigenvalue weighted by Crippen LogP contribution is 2.29. The summed E-state index contributed by atoms with van der Waals surface area (Å²) in [6.07, 6.45) is 0. The van der Waals surface area contributed by atoms with Crippen LogP contribution < -0.4 is 0 Å². The van der Waals surface area contributed by atoms with Crippen molar-refractivity contribution < 1.29 is 13.9 Å². The Morgan fingerprint density at radius 2 is 1.85 bits per heavy atom. The molecule has 0 bridgehead atoms. The number of esters is 1. The molecular formula is C16H11ClO3. The van der Waals surface area contributed by atoms with Gasteiger partial charge in [-0.2, -0.15) is 0 Å². The topological polar surface area (TPSA) is 39.4 Å². The summed E-state index contributed by atoms with van der Waals surface area (Å²) in [6.45, 7) is 0. The van der Waals surface area contributed by atoms with Crippen molar-refractivity contribution in [3.05, 3.63) is 59.1 Å². The van der Waals surface area contributed by atoms with Gasteiger partial charge in [-0.3, -0.25) is 0 Å². The fourth-order valence-electron chi connectivity index (χ4n) is 2.04. The van der Waals surface area contributed by atoms with Crippen molar-refractivity contribution in [3.8, 4) is 11.3 Å². The summed E-state index contributed by atoms with van der Waals surface area (Å²) in [6, 6.07) is 14.5. The zero-order chi connectivity index (χ0) is 14.1. The van der Waals surface area contributed by atoms with Gasteiger partial charge < -0.3 is 9.15 Å². The standard InChI is InChI=1S/C16H11ClO3/c1-19-16(18)11-4-7-14-12(8-11)9-15(20-14)10-2-5-13(17)6-3-10/h2-9H,1H3. The third-order valence-electron chi connectivity index (χ3n) is 3.07. The zero-order valence-electron chi connectivity index (χ0n) is 10.7. The number of hydrogen-bond acceptors (Lipinski definition) is 3. The van der Waals surface area contributed by atoms with E-state index in [1.54, 1.807) is 18.2 Å². The van der Waals surface area contributed by atoms with Gasteiger partial charge in [0.05, 0.1) is 12.7 Å². The molecule has 0 fully saturated rings. The molecule has 3 nitrogen and oxygen atoms in total. The Kier molecular flexibility index (Phi) is 3.20. The average Bonchev–Trinajstić information content (AvgIpc) is 2.90. The minimum absolute atomic E-state index is 0.360. The Bertz CT molecular complexity index is 772. The molecule has 2 aromatic carbocycles. The Morgan fingerprint density at radius 1 is 1.10 bits per heavy atom. The van der Waals surface area contributed by atoms with Crippen LogP contribution in [0, 0.1) is 0 Å². The smallest absolute Gasteiger partial charge is 0.337 e. The molecule has 0 aliphatic carbocycles. The summed E-state index contributed by atoms with van der Waals surface area (Å²) in [7, 11) is 1.36. The van der Waals surface area contributed by atoms with Crippen molar-refractivity contribution in [2.24, 2.45) is 0 Å². The Labute approximate surface area is 120 Å². The first-order valence-corrected chi connectivity index (χ1v) is 6.43. The number of rotatable bonds is 2. The van der Waals surface area contributed by atoms with E-state index < -0.39 is 0 Å². The van der Waals surface area contributed by atoms with Crippen molar-refractivity contribution in [3.63, 3.8) is 0 Å². The van der Waals surface area contributed by atoms with Gasteiger partial charge >= 0.3 is 5.97 Å². The van der Waals surface area contributed by atoms with Crippen LogP contribution in [0.25, 0.3) is 22.3 Å². The van der Waals surface area contributed by atoms with Gasteiger partial charge in [-0.1, -0.05) is 11.6 Å². The molecular weight excluding hydrogens is 276 g/mol. The summed E-state index contributed by atoms with van der Waals surface area (Å²) in [5, 5.41) is 1.54. The van der Waals surface area contributed by atoms with Crippen LogP contribution in [0.3, 0.4) is 0 Å². The van der Waals surface area contributed by atoms with E-state index in [0.29, 0.717) is 10.6 Å². The minimum atomic E-state index is -0.360. The molecule has 100 valence electrons. The molecule has 0 amide bonds. The van der Waals surface area contributed by atoms with Gasteiger partial charge in [0.25, 0.3) is 0 Å². The molecule has 0 spiro atoms. The van der Waals surface area contributed by atoms with Gasteiger partial charge in [-0.05, 0) is 48.5 Å². The van der Waals surface area contributed by atoms with Crippen molar-refractivity contribution in [1.82, 2.24) is 0 Å². The van der Waals surface area contributed by atoms with Crippen LogP contribution in [0.2, 0.25) is 5.02 Å². The average molecular weight is 287 g/mol. The molecule has 0 radical (unpaired) electrons. The summed E-state index contributed by atoms with van der Waals surface area (Å²) in [5.41, 5.74) is 2.16. The molecule has 0 saturated carbocycles. The summed E-state index contributed by atoms with van der Waals surface area (Å²) in [4.78, 5) is 11.5. The van der Waals surface area contributed by atoms with Crippen LogP contribution in [0.15, 0.2) is 52.9 Å². The molecule has 1 aromatic heterocycles. The second-order valence-electron chi connectivity index (χ2n) is 4.36. The summed E-state index contributed by atoms with van der Waals surface area (Å²) < 4.78 is 10.5. The maximum Gasteiger partial charge on any atom is 0.337 e. The number of ether oxygens (including phenoxy) is 1. The lowest BCUT2D eigenvalue weighted by atomic mass is 10.1. The van der Waals surface area contributed by atoms with Crippen molar-refractivity contribution in [2.45, 2.75) is 0 Å². The maximum atomic E-state index is 11.5. The predicted molar refractivity (Wildman–Crippen MR) is 78.0 cm³/mol. The van der Waals surface area contributed by atoms with Crippen LogP contribution in [-0.4, -0.2) is 13.1 Å². The first-order chi connectivity index (χ1) is 9.67. The highest BCUT2D eigenvalue weighted by molar-refractivity contribution is 6.30. The number of hydrogen-bond donors (Lipinski definition) is 0. The van der Waals surface area contributed by atoms with E-state index in [1.807, 2.05) is 30.3 Å². The lowest BCUT2D eigenvalue weighted by Crippen LogP contribution is -1.99. The third kappa shape index (κ3) is 2.28. The second kappa shape index (κ2) is 5.02. The monoisotopic (exact) mass is 286 g/mol. The normalized spacial score (nSPS) is 10.7. The maximum absolute atomic E-state index is 11.5. The molecule has 0 aliphatic rings. The van der Waals surface area contributed by atoms with Crippen molar-refractivity contribution >= 4 is 28.5 Å². The molecule has 0 saturated heterocycles. The minimum Gasteiger partial charge on any atom is -0.465 e. The van der Waals surface area contributed by atoms with Crippen LogP contribution >= 0.6 is 11.6 Å². The van der Waals surface area contributed by atoms with E-state index >= 15 is 0 Å². The molecule has 1 heterocycles. The number of methoxy groups -OCH3 is 1. The van der Waals surface area contributed by atoms with E-state index in [4.69, 9.17) is 20.8 Å². The molecule has 0 N–H and O–H groups in total. The first kappa shape index (κ1) is 12.8. The molecule has 0 unspecified atom stereocenters. The quantitative estimate of drug-likeness (QED) is 0.649. The largest absolute Gasteiger partial charge is 0.465 e. The summed E-state index contributed by atoms with van der Waals surface area (Å²) in [5.74, 6) is 0.375. The highest BCUT2D eigenvalue weighted by atomic mass is 35.5. The predicted octanol–water partition coefficient (Wildman–Crippen LogP) is 4.54. The SMILES string of the molecule is COC(=O)c1ccc2oc(-c3ccc(Cl)cc3)cc2c1. The number of fused-ring (bicyclic) bond motifs is 1. The molecule has 0 atom stereocenters. The van der Waals surface area contributed by atoms with Crippen molar-refractivity contribution in [1.29, 1.82) is 0 Å². The Hall–Kier alpha value is -2.26. The number of carbonyl (C=O) groups is 1. The van der Waals surface area contributed by atoms with E-state index in [0.717, 1.165) is 22.3 Å². The Balaban J connectivity index is 2.06. The molecule has 3 rings (SSSR count). The lowest BCUT2D eigenvalue weighted by molar-refractivity contribution is 0.0601. The van der Waals surface area contributed by atoms with Gasteiger partial charge in [-0.25, -0.2) is 4.79 Å². The number of halogens is 1. The van der Waals surface area contributed by atoms with E-state index in [-0.39, 0.29) is 5.97 Å². The summed E-state index contributed by atoms with van der Waals surface area (Å²) >= 11 is 5.87. The van der Waals surface area contributed by atoms with Gasteiger partial charge in [0.1, 0.15) is 11.3 Å². The fourth-order valence-corrected chi connectivity index (χ4v) is 2.17. The number of carbonyl (C=O) groups excluding carboxylic acids is 1. The van der Waals surface area contributed by atoms with E-state index in [9.17, 15) is 4.79 Å². The third-order valence-corrected chi connectivity index (χ3v) is 3.32. The van der Waals surface area contributed by atoms with Crippen LogP contribution in [0.1, 0.15) is 10.4 Å². The van der Waals surface area contributed by atoms with Crippen molar-refractivity contribution in [2.75, 3.05) is 7.11 Å². The van der Waals surface area contributed by atoms with E-state index in [1.165, 1.54) is 7.11 Å². The van der Waals surface area contributed by atoms with Gasteiger partial charge in [0.2, 0.25) is 0 Å². The van der Waals surface area contributed by atoms with E-state index in [2.05, 4.69) is 0 Å². The number of furan rings is 1. The molecule has 20 heavy (non-hydrogen) atoms. The van der Waals surface area contributed by atoms with Gasteiger partial charge in [0.15, 0.2) is 0 Å². The molecule has 4 heteroatoms. The van der Waals surface area contributed by atoms with Gasteiger partial charge in [0, 0.05) is 16.0 Å². The van der Waals surface area contributed by atoms with Gasteiger partial charge in [-0.15, -0.1) is 0 Å². The first-order valence-electron chi connectivity index (χ1n) is 6.05. The number of benzene rings is 2. The Morgan fingerprint density at radius 3 is 2.55 bits per heavy atom. The fraction of sp³-hybridized carbons (Fsp3) is 0.0625. The lowest BCUT2D eigenvalue weighted by Gasteiger charge is -1.97. The van der Waals surface area contributed by atoms with Crippen LogP contribution in [0.4, 0.5) is 0 Å². The molecule has 3 aromatic rings.